The van der Waals surface area contributed by atoms with E-state index in [4.69, 9.17) is 4.52 Å². The van der Waals surface area contributed by atoms with E-state index in [1.807, 2.05) is 11.8 Å². The first kappa shape index (κ1) is 12.5. The van der Waals surface area contributed by atoms with Crippen LogP contribution in [0.1, 0.15) is 62.0 Å². The molecule has 3 heterocycles. The second-order valence-electron chi connectivity index (χ2n) is 5.30. The van der Waals surface area contributed by atoms with Crippen LogP contribution in [0.3, 0.4) is 0 Å². The van der Waals surface area contributed by atoms with Crippen molar-refractivity contribution in [3.8, 4) is 0 Å². The minimum Gasteiger partial charge on any atom is -0.338 e. The summed E-state index contributed by atoms with van der Waals surface area (Å²) in [5.74, 6) is 3.74. The number of piperidine rings is 1. The van der Waals surface area contributed by atoms with Crippen molar-refractivity contribution in [3.05, 3.63) is 11.7 Å². The third-order valence-electron chi connectivity index (χ3n) is 4.06. The molecule has 5 heteroatoms. The van der Waals surface area contributed by atoms with Gasteiger partial charge in [-0.25, -0.2) is 0 Å². The monoisotopic (exact) mass is 267 g/mol. The summed E-state index contributed by atoms with van der Waals surface area (Å²) >= 11 is 1.96. The Labute approximate surface area is 112 Å². The lowest BCUT2D eigenvalue weighted by Crippen LogP contribution is -2.31. The van der Waals surface area contributed by atoms with Gasteiger partial charge in [-0.1, -0.05) is 18.5 Å². The van der Waals surface area contributed by atoms with E-state index in [9.17, 15) is 0 Å². The maximum absolute atomic E-state index is 5.47. The van der Waals surface area contributed by atoms with Crippen LogP contribution in [0.2, 0.25) is 0 Å². The Kier molecular flexibility index (Phi) is 3.89. The minimum atomic E-state index is 0.274. The first-order valence-electron chi connectivity index (χ1n) is 7.05. The molecule has 0 saturated carbocycles. The van der Waals surface area contributed by atoms with Crippen LogP contribution in [0.25, 0.3) is 0 Å². The molecule has 1 aromatic rings. The normalized spacial score (nSPS) is 32.8. The predicted octanol–water partition coefficient (Wildman–Crippen LogP) is 3.09. The van der Waals surface area contributed by atoms with Gasteiger partial charge in [-0.05, 0) is 43.9 Å². The number of rotatable bonds is 3. The predicted molar refractivity (Wildman–Crippen MR) is 72.5 cm³/mol. The fourth-order valence-electron chi connectivity index (χ4n) is 2.86. The highest BCUT2D eigenvalue weighted by atomic mass is 32.2. The molecule has 3 unspecified atom stereocenters. The SMILES string of the molecule is CCC1CCNC(c2nc(C3CCCS3)no2)C1. The van der Waals surface area contributed by atoms with Crippen molar-refractivity contribution in [2.45, 2.75) is 50.3 Å². The van der Waals surface area contributed by atoms with E-state index in [1.54, 1.807) is 0 Å². The summed E-state index contributed by atoms with van der Waals surface area (Å²) in [4.78, 5) is 4.62. The molecule has 1 aromatic heterocycles. The Hall–Kier alpha value is -0.550. The molecule has 2 saturated heterocycles. The van der Waals surface area contributed by atoms with Gasteiger partial charge >= 0.3 is 0 Å². The summed E-state index contributed by atoms with van der Waals surface area (Å²) < 4.78 is 5.47. The summed E-state index contributed by atoms with van der Waals surface area (Å²) in [5.41, 5.74) is 0. The zero-order valence-electron chi connectivity index (χ0n) is 10.9. The Morgan fingerprint density at radius 1 is 1.44 bits per heavy atom. The average molecular weight is 267 g/mol. The smallest absolute Gasteiger partial charge is 0.243 e. The van der Waals surface area contributed by atoms with Crippen molar-refractivity contribution >= 4 is 11.8 Å². The standard InChI is InChI=1S/C13H21N3OS/c1-2-9-5-6-14-10(8-9)13-15-12(16-17-13)11-4-3-7-18-11/h9-11,14H,2-8H2,1H3. The topological polar surface area (TPSA) is 51.0 Å². The molecule has 0 spiro atoms. The summed E-state index contributed by atoms with van der Waals surface area (Å²) in [7, 11) is 0. The van der Waals surface area contributed by atoms with Gasteiger partial charge in [0.2, 0.25) is 5.89 Å². The Balaban J connectivity index is 1.68. The van der Waals surface area contributed by atoms with Crippen LogP contribution in [0, 0.1) is 5.92 Å². The first-order valence-corrected chi connectivity index (χ1v) is 8.10. The van der Waals surface area contributed by atoms with Crippen molar-refractivity contribution in [1.29, 1.82) is 0 Å². The van der Waals surface area contributed by atoms with E-state index >= 15 is 0 Å². The van der Waals surface area contributed by atoms with Crippen LogP contribution in [0.15, 0.2) is 4.52 Å². The lowest BCUT2D eigenvalue weighted by Gasteiger charge is -2.27. The summed E-state index contributed by atoms with van der Waals surface area (Å²) in [6.45, 7) is 3.33. The van der Waals surface area contributed by atoms with Crippen molar-refractivity contribution < 1.29 is 4.52 Å². The fraction of sp³-hybridized carbons (Fsp3) is 0.846. The van der Waals surface area contributed by atoms with E-state index in [1.165, 1.54) is 31.4 Å². The lowest BCUT2D eigenvalue weighted by atomic mass is 9.90. The number of hydrogen-bond donors (Lipinski definition) is 1. The number of aromatic nitrogens is 2. The molecule has 0 aromatic carbocycles. The van der Waals surface area contributed by atoms with Crippen LogP contribution in [-0.4, -0.2) is 22.4 Å². The van der Waals surface area contributed by atoms with E-state index < -0.39 is 0 Å². The quantitative estimate of drug-likeness (QED) is 0.912. The Morgan fingerprint density at radius 3 is 3.17 bits per heavy atom. The fourth-order valence-corrected chi connectivity index (χ4v) is 4.05. The molecule has 2 aliphatic heterocycles. The number of hydrogen-bond acceptors (Lipinski definition) is 5. The Morgan fingerprint density at radius 2 is 2.39 bits per heavy atom. The Bertz CT molecular complexity index is 389. The summed E-state index contributed by atoms with van der Waals surface area (Å²) in [6, 6.07) is 0.274. The summed E-state index contributed by atoms with van der Waals surface area (Å²) in [5, 5.41) is 8.14. The highest BCUT2D eigenvalue weighted by Crippen LogP contribution is 2.39. The van der Waals surface area contributed by atoms with Crippen LogP contribution in [0.5, 0.6) is 0 Å². The molecule has 100 valence electrons. The van der Waals surface area contributed by atoms with Gasteiger partial charge < -0.3 is 9.84 Å². The number of nitrogens with zero attached hydrogens (tertiary/aromatic N) is 2. The zero-order chi connectivity index (χ0) is 12.4. The maximum atomic E-state index is 5.47. The highest BCUT2D eigenvalue weighted by Gasteiger charge is 2.28. The second kappa shape index (κ2) is 5.61. The third kappa shape index (κ3) is 2.57. The maximum Gasteiger partial charge on any atom is 0.243 e. The molecule has 2 aliphatic rings. The largest absolute Gasteiger partial charge is 0.338 e. The molecule has 3 rings (SSSR count). The molecule has 0 aliphatic carbocycles. The van der Waals surface area contributed by atoms with Crippen molar-refractivity contribution in [1.82, 2.24) is 15.5 Å². The second-order valence-corrected chi connectivity index (χ2v) is 6.61. The molecular weight excluding hydrogens is 246 g/mol. The highest BCUT2D eigenvalue weighted by molar-refractivity contribution is 7.99. The van der Waals surface area contributed by atoms with E-state index in [-0.39, 0.29) is 6.04 Å². The minimum absolute atomic E-state index is 0.274. The van der Waals surface area contributed by atoms with Gasteiger partial charge in [0.1, 0.15) is 0 Å². The van der Waals surface area contributed by atoms with Gasteiger partial charge in [-0.15, -0.1) is 0 Å². The molecule has 0 bridgehead atoms. The van der Waals surface area contributed by atoms with E-state index in [0.717, 1.165) is 30.6 Å². The molecule has 2 fully saturated rings. The molecular formula is C13H21N3OS. The lowest BCUT2D eigenvalue weighted by molar-refractivity contribution is 0.245. The van der Waals surface area contributed by atoms with Gasteiger partial charge in [0, 0.05) is 0 Å². The zero-order valence-corrected chi connectivity index (χ0v) is 11.7. The van der Waals surface area contributed by atoms with E-state index in [0.29, 0.717) is 5.25 Å². The van der Waals surface area contributed by atoms with Crippen molar-refractivity contribution in [2.75, 3.05) is 12.3 Å². The van der Waals surface area contributed by atoms with Gasteiger partial charge in [0.15, 0.2) is 5.82 Å². The van der Waals surface area contributed by atoms with Crippen LogP contribution >= 0.6 is 11.8 Å². The number of thioether (sulfide) groups is 1. The van der Waals surface area contributed by atoms with Crippen molar-refractivity contribution in [3.63, 3.8) is 0 Å². The first-order chi connectivity index (χ1) is 8.86. The van der Waals surface area contributed by atoms with E-state index in [2.05, 4.69) is 22.4 Å². The summed E-state index contributed by atoms with van der Waals surface area (Å²) in [6.07, 6.45) is 6.12. The van der Waals surface area contributed by atoms with Crippen molar-refractivity contribution in [2.24, 2.45) is 5.92 Å². The van der Waals surface area contributed by atoms with Crippen LogP contribution in [-0.2, 0) is 0 Å². The third-order valence-corrected chi connectivity index (χ3v) is 5.44. The number of nitrogens with one attached hydrogen (secondary N) is 1. The molecule has 1 N–H and O–H groups in total. The van der Waals surface area contributed by atoms with Gasteiger partial charge in [0.05, 0.1) is 11.3 Å². The molecule has 0 amide bonds. The van der Waals surface area contributed by atoms with Gasteiger partial charge in [0.25, 0.3) is 0 Å². The van der Waals surface area contributed by atoms with Crippen LogP contribution in [0.4, 0.5) is 0 Å². The van der Waals surface area contributed by atoms with Gasteiger partial charge in [-0.2, -0.15) is 16.7 Å². The van der Waals surface area contributed by atoms with Crippen LogP contribution < -0.4 is 5.32 Å². The molecule has 3 atom stereocenters. The molecule has 0 radical (unpaired) electrons. The van der Waals surface area contributed by atoms with Gasteiger partial charge in [-0.3, -0.25) is 0 Å². The average Bonchev–Trinajstić information content (AvgIpc) is 3.09. The molecule has 4 nitrogen and oxygen atoms in total. The molecule has 18 heavy (non-hydrogen) atoms.